The lowest BCUT2D eigenvalue weighted by molar-refractivity contribution is 0.336. The van der Waals surface area contributed by atoms with Gasteiger partial charge in [0.1, 0.15) is 0 Å². The molecule has 0 aliphatic carbocycles. The quantitative estimate of drug-likeness (QED) is 0.851. The number of halogens is 2. The van der Waals surface area contributed by atoms with Crippen molar-refractivity contribution in [3.8, 4) is 0 Å². The van der Waals surface area contributed by atoms with Crippen molar-refractivity contribution < 1.29 is 8.78 Å². The van der Waals surface area contributed by atoms with E-state index in [0.29, 0.717) is 11.5 Å². The van der Waals surface area contributed by atoms with E-state index in [-0.39, 0.29) is 6.04 Å². The number of nitrogens with one attached hydrogen (secondary N) is 1. The van der Waals surface area contributed by atoms with Gasteiger partial charge in [0.2, 0.25) is 0 Å². The van der Waals surface area contributed by atoms with E-state index in [0.717, 1.165) is 38.4 Å². The van der Waals surface area contributed by atoms with Gasteiger partial charge in [0.15, 0.2) is 11.6 Å². The zero-order chi connectivity index (χ0) is 12.3. The Morgan fingerprint density at radius 3 is 2.82 bits per heavy atom. The molecule has 1 fully saturated rings. The monoisotopic (exact) mass is 240 g/mol. The van der Waals surface area contributed by atoms with Gasteiger partial charge in [0.25, 0.3) is 0 Å². The molecule has 0 bridgehead atoms. The molecule has 1 aromatic rings. The Labute approximate surface area is 100 Å². The summed E-state index contributed by atoms with van der Waals surface area (Å²) in [6, 6.07) is 3.70. The number of piperidine rings is 1. The maximum absolute atomic E-state index is 13.1. The maximum atomic E-state index is 13.1. The van der Waals surface area contributed by atoms with Crippen molar-refractivity contribution in [3.05, 3.63) is 35.4 Å². The van der Waals surface area contributed by atoms with Crippen molar-refractivity contribution >= 4 is 0 Å². The van der Waals surface area contributed by atoms with Crippen LogP contribution in [0.25, 0.3) is 0 Å². The predicted octanol–water partition coefficient (Wildman–Crippen LogP) is 2.35. The zero-order valence-corrected chi connectivity index (χ0v) is 9.76. The van der Waals surface area contributed by atoms with E-state index < -0.39 is 11.6 Å². The molecule has 2 rings (SSSR count). The van der Waals surface area contributed by atoms with Crippen LogP contribution < -0.4 is 11.1 Å². The van der Waals surface area contributed by atoms with E-state index >= 15 is 0 Å². The number of nitrogens with two attached hydrogens (primary N) is 1. The second kappa shape index (κ2) is 5.56. The number of hydrogen-bond acceptors (Lipinski definition) is 2. The Hall–Kier alpha value is -1.00. The van der Waals surface area contributed by atoms with Gasteiger partial charge in [0, 0.05) is 6.04 Å². The Balaban J connectivity index is 1.98. The van der Waals surface area contributed by atoms with Crippen LogP contribution in [0.4, 0.5) is 8.78 Å². The molecule has 4 heteroatoms. The molecule has 0 saturated carbocycles. The lowest BCUT2D eigenvalue weighted by atomic mass is 9.90. The molecule has 94 valence electrons. The van der Waals surface area contributed by atoms with E-state index in [1.54, 1.807) is 6.07 Å². The average Bonchev–Trinajstić information content (AvgIpc) is 2.34. The first-order valence-corrected chi connectivity index (χ1v) is 6.08. The first-order valence-electron chi connectivity index (χ1n) is 6.08. The van der Waals surface area contributed by atoms with Gasteiger partial charge in [-0.3, -0.25) is 0 Å². The summed E-state index contributed by atoms with van der Waals surface area (Å²) in [6.45, 7) is 2.04. The molecule has 0 radical (unpaired) electrons. The fourth-order valence-electron chi connectivity index (χ4n) is 2.36. The van der Waals surface area contributed by atoms with Gasteiger partial charge in [-0.05, 0) is 56.0 Å². The number of hydrogen-bond donors (Lipinski definition) is 2. The summed E-state index contributed by atoms with van der Waals surface area (Å²) in [7, 11) is 0. The van der Waals surface area contributed by atoms with Gasteiger partial charge in [-0.2, -0.15) is 0 Å². The van der Waals surface area contributed by atoms with Crippen molar-refractivity contribution in [2.45, 2.75) is 25.3 Å². The predicted molar refractivity (Wildman–Crippen MR) is 63.5 cm³/mol. The molecule has 0 aromatic heterocycles. The molecule has 0 spiro atoms. The number of benzene rings is 1. The van der Waals surface area contributed by atoms with E-state index in [1.807, 2.05) is 0 Å². The van der Waals surface area contributed by atoms with Crippen LogP contribution in [-0.4, -0.2) is 13.1 Å². The molecule has 1 heterocycles. The first kappa shape index (κ1) is 12.5. The fraction of sp³-hybridized carbons (Fsp3) is 0.538. The third-order valence-corrected chi connectivity index (χ3v) is 3.36. The molecule has 2 unspecified atom stereocenters. The van der Waals surface area contributed by atoms with Crippen LogP contribution in [0, 0.1) is 17.6 Å². The SMILES string of the molecule is NC(CC1CCCNC1)c1ccc(F)c(F)c1. The molecule has 17 heavy (non-hydrogen) atoms. The normalized spacial score (nSPS) is 22.4. The van der Waals surface area contributed by atoms with Gasteiger partial charge in [-0.25, -0.2) is 8.78 Å². The van der Waals surface area contributed by atoms with Crippen LogP contribution >= 0.6 is 0 Å². The minimum atomic E-state index is -0.820. The van der Waals surface area contributed by atoms with Crippen LogP contribution in [0.2, 0.25) is 0 Å². The van der Waals surface area contributed by atoms with Crippen molar-refractivity contribution in [2.75, 3.05) is 13.1 Å². The maximum Gasteiger partial charge on any atom is 0.159 e. The highest BCUT2D eigenvalue weighted by Gasteiger charge is 2.18. The van der Waals surface area contributed by atoms with E-state index in [9.17, 15) is 8.78 Å². The molecule has 1 aliphatic heterocycles. The van der Waals surface area contributed by atoms with E-state index in [4.69, 9.17) is 5.73 Å². The summed E-state index contributed by atoms with van der Waals surface area (Å²) >= 11 is 0. The highest BCUT2D eigenvalue weighted by atomic mass is 19.2. The molecular weight excluding hydrogens is 222 g/mol. The molecule has 3 N–H and O–H groups in total. The molecule has 0 amide bonds. The van der Waals surface area contributed by atoms with E-state index in [1.165, 1.54) is 6.07 Å². The fourth-order valence-corrected chi connectivity index (χ4v) is 2.36. The summed E-state index contributed by atoms with van der Waals surface area (Å²) in [5.41, 5.74) is 6.70. The summed E-state index contributed by atoms with van der Waals surface area (Å²) < 4.78 is 25.9. The molecule has 1 aromatic carbocycles. The van der Waals surface area contributed by atoms with Crippen LogP contribution in [0.1, 0.15) is 30.9 Å². The van der Waals surface area contributed by atoms with E-state index in [2.05, 4.69) is 5.32 Å². The lowest BCUT2D eigenvalue weighted by Gasteiger charge is -2.25. The standard InChI is InChI=1S/C13H18F2N2/c14-11-4-3-10(7-12(11)15)13(16)6-9-2-1-5-17-8-9/h3-4,7,9,13,17H,1-2,5-6,8,16H2. The van der Waals surface area contributed by atoms with Crippen molar-refractivity contribution in [1.29, 1.82) is 0 Å². The highest BCUT2D eigenvalue weighted by Crippen LogP contribution is 2.24. The van der Waals surface area contributed by atoms with Gasteiger partial charge < -0.3 is 11.1 Å². The molecular formula is C13H18F2N2. The van der Waals surface area contributed by atoms with Crippen molar-refractivity contribution in [3.63, 3.8) is 0 Å². The number of rotatable bonds is 3. The lowest BCUT2D eigenvalue weighted by Crippen LogP contribution is -2.31. The van der Waals surface area contributed by atoms with Crippen LogP contribution in [0.15, 0.2) is 18.2 Å². The van der Waals surface area contributed by atoms with Gasteiger partial charge in [0.05, 0.1) is 0 Å². The van der Waals surface area contributed by atoms with Crippen LogP contribution in [0.5, 0.6) is 0 Å². The minimum Gasteiger partial charge on any atom is -0.324 e. The van der Waals surface area contributed by atoms with Crippen molar-refractivity contribution in [1.82, 2.24) is 5.32 Å². The van der Waals surface area contributed by atoms with Crippen molar-refractivity contribution in [2.24, 2.45) is 11.7 Å². The summed E-state index contributed by atoms with van der Waals surface area (Å²) in [4.78, 5) is 0. The molecule has 2 atom stereocenters. The largest absolute Gasteiger partial charge is 0.324 e. The molecule has 2 nitrogen and oxygen atoms in total. The second-order valence-corrected chi connectivity index (χ2v) is 4.73. The Kier molecular flexibility index (Phi) is 4.07. The zero-order valence-electron chi connectivity index (χ0n) is 9.76. The van der Waals surface area contributed by atoms with Crippen LogP contribution in [0.3, 0.4) is 0 Å². The summed E-state index contributed by atoms with van der Waals surface area (Å²) in [5.74, 6) is -1.10. The van der Waals surface area contributed by atoms with Gasteiger partial charge in [-0.15, -0.1) is 0 Å². The third kappa shape index (κ3) is 3.23. The highest BCUT2D eigenvalue weighted by molar-refractivity contribution is 5.21. The van der Waals surface area contributed by atoms with Gasteiger partial charge in [-0.1, -0.05) is 6.07 Å². The second-order valence-electron chi connectivity index (χ2n) is 4.73. The Morgan fingerprint density at radius 2 is 2.18 bits per heavy atom. The molecule has 1 aliphatic rings. The smallest absolute Gasteiger partial charge is 0.159 e. The molecule has 1 saturated heterocycles. The Bertz CT molecular complexity index is 376. The third-order valence-electron chi connectivity index (χ3n) is 3.36. The summed E-state index contributed by atoms with van der Waals surface area (Å²) in [6.07, 6.45) is 3.14. The first-order chi connectivity index (χ1) is 8.16. The topological polar surface area (TPSA) is 38.0 Å². The average molecular weight is 240 g/mol. The van der Waals surface area contributed by atoms with Gasteiger partial charge >= 0.3 is 0 Å². The summed E-state index contributed by atoms with van der Waals surface area (Å²) in [5, 5.41) is 3.32. The Morgan fingerprint density at radius 1 is 1.35 bits per heavy atom. The van der Waals surface area contributed by atoms with Crippen LogP contribution in [-0.2, 0) is 0 Å². The minimum absolute atomic E-state index is 0.213.